The van der Waals surface area contributed by atoms with Crippen LogP contribution < -0.4 is 0 Å². The van der Waals surface area contributed by atoms with Crippen molar-refractivity contribution < 1.29 is 15.0 Å². The van der Waals surface area contributed by atoms with E-state index in [4.69, 9.17) is 0 Å². The third-order valence-electron chi connectivity index (χ3n) is 6.33. The number of rotatable bonds is 14. The molecule has 0 amide bonds. The molecule has 4 unspecified atom stereocenters. The second-order valence-corrected chi connectivity index (χ2v) is 9.35. The predicted molar refractivity (Wildman–Crippen MR) is 133 cm³/mol. The zero-order valence-electron chi connectivity index (χ0n) is 20.4. The first kappa shape index (κ1) is 26.3. The molecule has 0 saturated carbocycles. The van der Waals surface area contributed by atoms with E-state index in [2.05, 4.69) is 19.9 Å². The third-order valence-corrected chi connectivity index (χ3v) is 6.33. The van der Waals surface area contributed by atoms with Crippen LogP contribution in [0.3, 0.4) is 0 Å². The molecule has 176 valence electrons. The Balaban J connectivity index is 2.66. The van der Waals surface area contributed by atoms with Gasteiger partial charge in [-0.1, -0.05) is 88.1 Å². The van der Waals surface area contributed by atoms with E-state index in [-0.39, 0.29) is 17.6 Å². The van der Waals surface area contributed by atoms with Crippen LogP contribution in [0.2, 0.25) is 0 Å². The number of carbonyl (C=O) groups is 1. The van der Waals surface area contributed by atoms with Gasteiger partial charge in [-0.3, -0.25) is 4.79 Å². The molecule has 0 aliphatic heterocycles. The van der Waals surface area contributed by atoms with Crippen LogP contribution in [0.5, 0.6) is 0 Å². The number of unbranched alkanes of at least 4 members (excludes halogenated alkanes) is 2. The van der Waals surface area contributed by atoms with Crippen molar-refractivity contribution in [3.8, 4) is 0 Å². The molecule has 3 nitrogen and oxygen atoms in total. The number of benzene rings is 2. The maximum Gasteiger partial charge on any atom is 0.193 e. The smallest absolute Gasteiger partial charge is 0.193 e. The van der Waals surface area contributed by atoms with Gasteiger partial charge in [-0.2, -0.15) is 0 Å². The lowest BCUT2D eigenvalue weighted by molar-refractivity contribution is 0.103. The average molecular weight is 439 g/mol. The maximum atomic E-state index is 13.6. The number of aliphatic hydroxyl groups excluding tert-OH is 2. The van der Waals surface area contributed by atoms with Crippen molar-refractivity contribution in [2.24, 2.45) is 0 Å². The summed E-state index contributed by atoms with van der Waals surface area (Å²) in [6.07, 6.45) is 6.75. The summed E-state index contributed by atoms with van der Waals surface area (Å²) >= 11 is 0. The Morgan fingerprint density at radius 2 is 1.34 bits per heavy atom. The third kappa shape index (κ3) is 7.56. The van der Waals surface area contributed by atoms with E-state index in [9.17, 15) is 15.0 Å². The Bertz CT molecular complexity index is 810. The van der Waals surface area contributed by atoms with E-state index >= 15 is 0 Å². The summed E-state index contributed by atoms with van der Waals surface area (Å²) in [6, 6.07) is 15.6. The van der Waals surface area contributed by atoms with E-state index < -0.39 is 12.2 Å². The summed E-state index contributed by atoms with van der Waals surface area (Å²) in [7, 11) is 0. The van der Waals surface area contributed by atoms with Gasteiger partial charge in [0.15, 0.2) is 5.78 Å². The van der Waals surface area contributed by atoms with Crippen molar-refractivity contribution in [1.82, 2.24) is 0 Å². The minimum atomic E-state index is -0.435. The fourth-order valence-electron chi connectivity index (χ4n) is 4.84. The van der Waals surface area contributed by atoms with Crippen molar-refractivity contribution >= 4 is 5.78 Å². The molecular formula is C29H42O3. The van der Waals surface area contributed by atoms with E-state index in [0.717, 1.165) is 49.7 Å². The van der Waals surface area contributed by atoms with Crippen LogP contribution in [0.15, 0.2) is 48.5 Å². The normalized spacial score (nSPS) is 15.2. The monoisotopic (exact) mass is 438 g/mol. The summed E-state index contributed by atoms with van der Waals surface area (Å²) in [5, 5.41) is 20.6. The molecule has 0 aromatic heterocycles. The molecule has 0 heterocycles. The van der Waals surface area contributed by atoms with E-state index in [1.54, 1.807) is 0 Å². The molecule has 2 rings (SSSR count). The second-order valence-electron chi connectivity index (χ2n) is 9.35. The van der Waals surface area contributed by atoms with Crippen molar-refractivity contribution in [3.63, 3.8) is 0 Å². The lowest BCUT2D eigenvalue weighted by Gasteiger charge is -2.29. The van der Waals surface area contributed by atoms with Gasteiger partial charge in [0, 0.05) is 11.1 Å². The van der Waals surface area contributed by atoms with Gasteiger partial charge in [0.2, 0.25) is 0 Å². The summed E-state index contributed by atoms with van der Waals surface area (Å²) in [5.41, 5.74) is 3.72. The molecule has 0 saturated heterocycles. The SMILES string of the molecule is CCCCC(CC(C)O)c1cccc(C(=O)c2ccccc2)c1C(CCCC)CC(C)O. The first-order valence-corrected chi connectivity index (χ1v) is 12.5. The Morgan fingerprint density at radius 3 is 1.91 bits per heavy atom. The van der Waals surface area contributed by atoms with Crippen LogP contribution in [-0.2, 0) is 0 Å². The molecule has 32 heavy (non-hydrogen) atoms. The van der Waals surface area contributed by atoms with Gasteiger partial charge in [-0.15, -0.1) is 0 Å². The van der Waals surface area contributed by atoms with Crippen LogP contribution in [-0.4, -0.2) is 28.2 Å². The molecule has 4 atom stereocenters. The molecule has 0 aliphatic rings. The molecule has 3 heteroatoms. The molecule has 0 bridgehead atoms. The van der Waals surface area contributed by atoms with Crippen molar-refractivity contribution in [3.05, 3.63) is 70.8 Å². The minimum Gasteiger partial charge on any atom is -0.393 e. The predicted octanol–water partition coefficient (Wildman–Crippen LogP) is 7.01. The van der Waals surface area contributed by atoms with Gasteiger partial charge in [-0.25, -0.2) is 0 Å². The number of carbonyl (C=O) groups excluding carboxylic acids is 1. The van der Waals surface area contributed by atoms with E-state index in [1.165, 1.54) is 5.56 Å². The molecule has 0 aliphatic carbocycles. The van der Waals surface area contributed by atoms with Crippen molar-refractivity contribution in [1.29, 1.82) is 0 Å². The molecule has 0 spiro atoms. The Kier molecular flexibility index (Phi) is 11.1. The minimum absolute atomic E-state index is 0.0424. The largest absolute Gasteiger partial charge is 0.393 e. The van der Waals surface area contributed by atoms with Crippen LogP contribution in [0.25, 0.3) is 0 Å². The summed E-state index contributed by atoms with van der Waals surface area (Å²) in [6.45, 7) is 8.05. The van der Waals surface area contributed by atoms with Crippen LogP contribution in [0.4, 0.5) is 0 Å². The molecular weight excluding hydrogens is 396 g/mol. The van der Waals surface area contributed by atoms with E-state index in [1.807, 2.05) is 56.3 Å². The standard InChI is InChI=1S/C29H42O3/c1-5-7-13-24(19-21(3)30)26-17-12-18-27(29(32)23-15-10-9-11-16-23)28(26)25(14-8-6-2)20-22(4)31/h9-12,15-18,21-22,24-25,30-31H,5-8,13-14,19-20H2,1-4H3. The quantitative estimate of drug-likeness (QED) is 0.312. The molecule has 0 fully saturated rings. The molecule has 0 radical (unpaired) electrons. The van der Waals surface area contributed by atoms with Gasteiger partial charge >= 0.3 is 0 Å². The van der Waals surface area contributed by atoms with Crippen LogP contribution in [0, 0.1) is 0 Å². The topological polar surface area (TPSA) is 57.5 Å². The fraction of sp³-hybridized carbons (Fsp3) is 0.552. The molecule has 2 N–H and O–H groups in total. The number of hydrogen-bond acceptors (Lipinski definition) is 3. The summed E-state index contributed by atoms with van der Waals surface area (Å²) < 4.78 is 0. The Labute approximate surface area is 194 Å². The number of aliphatic hydroxyl groups is 2. The first-order chi connectivity index (χ1) is 15.4. The average Bonchev–Trinajstić information content (AvgIpc) is 2.78. The van der Waals surface area contributed by atoms with Gasteiger partial charge in [0.05, 0.1) is 12.2 Å². The van der Waals surface area contributed by atoms with Crippen molar-refractivity contribution in [2.75, 3.05) is 0 Å². The molecule has 2 aromatic carbocycles. The van der Waals surface area contributed by atoms with E-state index in [0.29, 0.717) is 18.4 Å². The van der Waals surface area contributed by atoms with Crippen molar-refractivity contribution in [2.45, 2.75) is 103 Å². The van der Waals surface area contributed by atoms with Gasteiger partial charge in [-0.05, 0) is 62.5 Å². The zero-order valence-corrected chi connectivity index (χ0v) is 20.4. The van der Waals surface area contributed by atoms with Crippen LogP contribution in [0.1, 0.15) is 118 Å². The van der Waals surface area contributed by atoms with Gasteiger partial charge < -0.3 is 10.2 Å². The highest BCUT2D eigenvalue weighted by molar-refractivity contribution is 6.10. The highest BCUT2D eigenvalue weighted by Crippen LogP contribution is 2.39. The molecule has 2 aromatic rings. The summed E-state index contributed by atoms with van der Waals surface area (Å²) in [4.78, 5) is 13.6. The number of hydrogen-bond donors (Lipinski definition) is 2. The lowest BCUT2D eigenvalue weighted by atomic mass is 9.76. The Hall–Kier alpha value is -1.97. The number of ketones is 1. The highest BCUT2D eigenvalue weighted by Gasteiger charge is 2.27. The lowest BCUT2D eigenvalue weighted by Crippen LogP contribution is -2.19. The maximum absolute atomic E-state index is 13.6. The second kappa shape index (κ2) is 13.5. The summed E-state index contributed by atoms with van der Waals surface area (Å²) in [5.74, 6) is 0.361. The van der Waals surface area contributed by atoms with Crippen LogP contribution >= 0.6 is 0 Å². The highest BCUT2D eigenvalue weighted by atomic mass is 16.3. The Morgan fingerprint density at radius 1 is 0.781 bits per heavy atom. The zero-order chi connectivity index (χ0) is 23.5. The fourth-order valence-corrected chi connectivity index (χ4v) is 4.84. The van der Waals surface area contributed by atoms with Gasteiger partial charge in [0.25, 0.3) is 0 Å². The van der Waals surface area contributed by atoms with Gasteiger partial charge in [0.1, 0.15) is 0 Å². The first-order valence-electron chi connectivity index (χ1n) is 12.5.